The Morgan fingerprint density at radius 3 is 2.64 bits per heavy atom. The first kappa shape index (κ1) is 21.3. The Bertz CT molecular complexity index is 1190. The molecule has 6 nitrogen and oxygen atoms in total. The van der Waals surface area contributed by atoms with Crippen LogP contribution in [0.3, 0.4) is 0 Å². The Morgan fingerprint density at radius 2 is 1.88 bits per heavy atom. The van der Waals surface area contributed by atoms with Crippen LogP contribution in [0.5, 0.6) is 17.2 Å². The number of likely N-dealkylation sites (N-methyl/N-ethyl adjacent to an activating group) is 1. The van der Waals surface area contributed by atoms with Gasteiger partial charge in [0.1, 0.15) is 6.54 Å². The first-order valence-corrected chi connectivity index (χ1v) is 11.2. The summed E-state index contributed by atoms with van der Waals surface area (Å²) in [6, 6.07) is 19.7. The van der Waals surface area contributed by atoms with Gasteiger partial charge >= 0.3 is 0 Å². The molecule has 0 aromatic heterocycles. The van der Waals surface area contributed by atoms with Crippen LogP contribution >= 0.6 is 0 Å². The summed E-state index contributed by atoms with van der Waals surface area (Å²) in [5, 5.41) is 3.20. The molecule has 3 aromatic carbocycles. The van der Waals surface area contributed by atoms with Gasteiger partial charge in [-0.25, -0.2) is 0 Å². The number of hydrogen-bond donors (Lipinski definition) is 1. The molecule has 2 aliphatic rings. The van der Waals surface area contributed by atoms with Crippen LogP contribution in [0.1, 0.15) is 28.3 Å². The van der Waals surface area contributed by atoms with Crippen LogP contribution in [0.2, 0.25) is 0 Å². The summed E-state index contributed by atoms with van der Waals surface area (Å²) in [4.78, 5) is 14.0. The average molecular weight is 446 g/mol. The van der Waals surface area contributed by atoms with Crippen molar-refractivity contribution in [1.82, 2.24) is 0 Å². The van der Waals surface area contributed by atoms with E-state index in [0.29, 0.717) is 21.7 Å². The maximum absolute atomic E-state index is 14.0. The molecular weight excluding hydrogens is 416 g/mol. The Morgan fingerprint density at radius 1 is 1.12 bits per heavy atom. The van der Waals surface area contributed by atoms with E-state index in [0.717, 1.165) is 41.9 Å². The van der Waals surface area contributed by atoms with Crippen molar-refractivity contribution in [2.75, 3.05) is 32.8 Å². The van der Waals surface area contributed by atoms with E-state index >= 15 is 0 Å². The highest BCUT2D eigenvalue weighted by molar-refractivity contribution is 5.96. The van der Waals surface area contributed by atoms with Crippen LogP contribution in [0.4, 0.5) is 5.69 Å². The number of rotatable bonds is 5. The molecule has 2 aliphatic heterocycles. The highest BCUT2D eigenvalue weighted by atomic mass is 16.7. The number of carbonyl (C=O) groups is 1. The smallest absolute Gasteiger partial charge is 0.287 e. The van der Waals surface area contributed by atoms with Crippen LogP contribution in [0.15, 0.2) is 60.7 Å². The van der Waals surface area contributed by atoms with Crippen LogP contribution in [0, 0.1) is 6.92 Å². The fraction of sp³-hybridized carbons (Fsp3) is 0.296. The molecule has 1 amide bonds. The largest absolute Gasteiger partial charge is 0.492 e. The van der Waals surface area contributed by atoms with Gasteiger partial charge in [0.2, 0.25) is 12.5 Å². The molecule has 5 rings (SSSR count). The monoisotopic (exact) mass is 445 g/mol. The standard InChI is InChI=1S/C27H28N2O4/c1-18-9-7-8-12-21(18)28-27(30)24-23-20(15-22-25(26(23)31-3)33-17-32-22)13-14-29(24,2)16-19-10-5-4-6-11-19/h4-12,15,24H,13-14,16-17H2,1-3H3/p+1/t24-,29+/m1/s1. The Kier molecular flexibility index (Phi) is 5.46. The van der Waals surface area contributed by atoms with E-state index in [-0.39, 0.29) is 12.7 Å². The van der Waals surface area contributed by atoms with Crippen molar-refractivity contribution < 1.29 is 23.5 Å². The second-order valence-corrected chi connectivity index (χ2v) is 9.02. The minimum Gasteiger partial charge on any atom is -0.492 e. The van der Waals surface area contributed by atoms with Crippen LogP contribution in [-0.4, -0.2) is 37.9 Å². The van der Waals surface area contributed by atoms with E-state index in [1.54, 1.807) is 7.11 Å². The minimum atomic E-state index is -0.474. The molecule has 0 aliphatic carbocycles. The van der Waals surface area contributed by atoms with Crippen LogP contribution in [-0.2, 0) is 17.8 Å². The van der Waals surface area contributed by atoms with Crippen molar-refractivity contribution in [3.63, 3.8) is 0 Å². The van der Waals surface area contributed by atoms with E-state index in [4.69, 9.17) is 14.2 Å². The van der Waals surface area contributed by atoms with Gasteiger partial charge in [0, 0.05) is 17.7 Å². The lowest BCUT2D eigenvalue weighted by Crippen LogP contribution is -2.54. The molecule has 2 heterocycles. The molecule has 1 N–H and O–H groups in total. The number of hydrogen-bond acceptors (Lipinski definition) is 4. The zero-order valence-electron chi connectivity index (χ0n) is 19.3. The van der Waals surface area contributed by atoms with E-state index < -0.39 is 6.04 Å². The van der Waals surface area contributed by atoms with Gasteiger partial charge in [-0.3, -0.25) is 4.79 Å². The third-order valence-electron chi connectivity index (χ3n) is 6.77. The van der Waals surface area contributed by atoms with Gasteiger partial charge in [-0.1, -0.05) is 48.5 Å². The van der Waals surface area contributed by atoms with E-state index in [2.05, 4.69) is 24.5 Å². The number of ether oxygens (including phenoxy) is 3. The van der Waals surface area contributed by atoms with E-state index in [9.17, 15) is 4.79 Å². The number of nitrogens with zero attached hydrogens (tertiary/aromatic N) is 1. The maximum atomic E-state index is 14.0. The molecule has 0 bridgehead atoms. The number of nitrogens with one attached hydrogen (secondary N) is 1. The summed E-state index contributed by atoms with van der Waals surface area (Å²) in [6.45, 7) is 3.70. The second kappa shape index (κ2) is 8.45. The summed E-state index contributed by atoms with van der Waals surface area (Å²) < 4.78 is 17.8. The molecule has 33 heavy (non-hydrogen) atoms. The SMILES string of the molecule is COc1c2c(cc3c1[C@H](C(=O)Nc1ccccc1C)[N@+](C)(Cc1ccccc1)CC3)OCO2. The second-order valence-electron chi connectivity index (χ2n) is 9.02. The van der Waals surface area contributed by atoms with Gasteiger partial charge in [0.25, 0.3) is 5.91 Å². The Hall–Kier alpha value is -3.51. The summed E-state index contributed by atoms with van der Waals surface area (Å²) in [5.74, 6) is 1.81. The van der Waals surface area contributed by atoms with Gasteiger partial charge in [-0.2, -0.15) is 0 Å². The zero-order valence-corrected chi connectivity index (χ0v) is 19.3. The fourth-order valence-corrected chi connectivity index (χ4v) is 5.10. The topological polar surface area (TPSA) is 56.8 Å². The lowest BCUT2D eigenvalue weighted by Gasteiger charge is -2.45. The summed E-state index contributed by atoms with van der Waals surface area (Å²) in [5.41, 5.74) is 5.00. The van der Waals surface area contributed by atoms with Gasteiger partial charge in [0.05, 0.1) is 26.3 Å². The number of methoxy groups -OCH3 is 1. The van der Waals surface area contributed by atoms with Crippen molar-refractivity contribution >= 4 is 11.6 Å². The summed E-state index contributed by atoms with van der Waals surface area (Å²) in [7, 11) is 3.78. The third kappa shape index (κ3) is 3.80. The number of para-hydroxylation sites is 1. The van der Waals surface area contributed by atoms with E-state index in [1.165, 1.54) is 5.56 Å². The number of aryl methyl sites for hydroxylation is 1. The number of benzene rings is 3. The van der Waals surface area contributed by atoms with Crippen LogP contribution < -0.4 is 19.5 Å². The minimum absolute atomic E-state index is 0.0548. The Balaban J connectivity index is 1.63. The molecule has 0 saturated heterocycles. The highest BCUT2D eigenvalue weighted by Gasteiger charge is 2.47. The number of quaternary nitrogens is 1. The quantitative estimate of drug-likeness (QED) is 0.583. The van der Waals surface area contributed by atoms with Crippen molar-refractivity contribution in [2.24, 2.45) is 0 Å². The number of fused-ring (bicyclic) bond motifs is 2. The van der Waals surface area contributed by atoms with Crippen LogP contribution in [0.25, 0.3) is 0 Å². The lowest BCUT2D eigenvalue weighted by atomic mass is 9.87. The predicted octanol–water partition coefficient (Wildman–Crippen LogP) is 4.62. The summed E-state index contributed by atoms with van der Waals surface area (Å²) >= 11 is 0. The van der Waals surface area contributed by atoms with Gasteiger partial charge in [-0.05, 0) is 30.2 Å². The molecule has 2 atom stereocenters. The molecule has 0 spiro atoms. The zero-order chi connectivity index (χ0) is 23.0. The molecule has 6 heteroatoms. The lowest BCUT2D eigenvalue weighted by molar-refractivity contribution is -0.944. The normalized spacial score (nSPS) is 20.8. The molecule has 0 radical (unpaired) electrons. The third-order valence-corrected chi connectivity index (χ3v) is 6.77. The first-order valence-electron chi connectivity index (χ1n) is 11.2. The van der Waals surface area contributed by atoms with Crippen molar-refractivity contribution in [1.29, 1.82) is 0 Å². The molecule has 0 fully saturated rings. The first-order chi connectivity index (χ1) is 16.0. The van der Waals surface area contributed by atoms with Crippen molar-refractivity contribution in [3.05, 3.63) is 82.9 Å². The van der Waals surface area contributed by atoms with Gasteiger partial charge in [-0.15, -0.1) is 0 Å². The van der Waals surface area contributed by atoms with Crippen molar-refractivity contribution in [2.45, 2.75) is 25.9 Å². The molecule has 0 saturated carbocycles. The van der Waals surface area contributed by atoms with Gasteiger partial charge < -0.3 is 24.0 Å². The fourth-order valence-electron chi connectivity index (χ4n) is 5.10. The Labute approximate surface area is 194 Å². The number of amides is 1. The molecule has 3 aromatic rings. The van der Waals surface area contributed by atoms with Crippen molar-refractivity contribution in [3.8, 4) is 17.2 Å². The number of anilines is 1. The average Bonchev–Trinajstić information content (AvgIpc) is 3.28. The van der Waals surface area contributed by atoms with Gasteiger partial charge in [0.15, 0.2) is 17.5 Å². The molecule has 0 unspecified atom stereocenters. The molecule has 170 valence electrons. The predicted molar refractivity (Wildman–Crippen MR) is 127 cm³/mol. The molecular formula is C27H29N2O4+. The maximum Gasteiger partial charge on any atom is 0.287 e. The number of carbonyl (C=O) groups excluding carboxylic acids is 1. The summed E-state index contributed by atoms with van der Waals surface area (Å²) in [6.07, 6.45) is 0.819. The van der Waals surface area contributed by atoms with E-state index in [1.807, 2.05) is 55.5 Å². The highest BCUT2D eigenvalue weighted by Crippen LogP contribution is 2.51.